The molecule has 0 aliphatic rings. The number of hydrogen-bond donors (Lipinski definition) is 2. The largest absolute Gasteiger partial charge is 0.504 e. The van der Waals surface area contributed by atoms with E-state index < -0.39 is 5.75 Å². The predicted octanol–water partition coefficient (Wildman–Crippen LogP) is 2.94. The van der Waals surface area contributed by atoms with Crippen LogP contribution in [0, 0.1) is 13.8 Å². The predicted molar refractivity (Wildman–Crippen MR) is 76.4 cm³/mol. The summed E-state index contributed by atoms with van der Waals surface area (Å²) < 4.78 is 5.50. The number of aryl methyl sites for hydroxylation is 2. The third-order valence-electron chi connectivity index (χ3n) is 3.06. The van der Waals surface area contributed by atoms with Crippen LogP contribution in [0.4, 0.5) is 0 Å². The highest BCUT2D eigenvalue weighted by Gasteiger charge is 2.18. The van der Waals surface area contributed by atoms with Gasteiger partial charge in [0.1, 0.15) is 5.76 Å². The summed E-state index contributed by atoms with van der Waals surface area (Å²) in [5.41, 5.74) is 0.660. The van der Waals surface area contributed by atoms with E-state index in [4.69, 9.17) is 4.42 Å². The molecule has 0 amide bonds. The third-order valence-corrected chi connectivity index (χ3v) is 3.84. The first-order valence-electron chi connectivity index (χ1n) is 5.90. The molecule has 0 spiro atoms. The minimum Gasteiger partial charge on any atom is -0.504 e. The number of fused-ring (bicyclic) bond motifs is 1. The van der Waals surface area contributed by atoms with Crippen LogP contribution in [0.5, 0.6) is 11.5 Å². The first kappa shape index (κ1) is 12.7. The Morgan fingerprint density at radius 3 is 2.65 bits per heavy atom. The van der Waals surface area contributed by atoms with Crippen LogP contribution in [0.15, 0.2) is 26.7 Å². The number of phenolic OH excluding ortho intramolecular Hbond substituents is 2. The maximum Gasteiger partial charge on any atom is 0.202 e. The number of thiazole rings is 1. The van der Waals surface area contributed by atoms with Crippen molar-refractivity contribution in [3.63, 3.8) is 0 Å². The molecule has 0 saturated heterocycles. The van der Waals surface area contributed by atoms with E-state index in [9.17, 15) is 15.0 Å². The third kappa shape index (κ3) is 1.77. The normalized spacial score (nSPS) is 11.1. The Morgan fingerprint density at radius 2 is 2.00 bits per heavy atom. The quantitative estimate of drug-likeness (QED) is 0.673. The maximum atomic E-state index is 12.5. The van der Waals surface area contributed by atoms with Gasteiger partial charge in [-0.3, -0.25) is 4.79 Å². The molecule has 0 saturated carbocycles. The van der Waals surface area contributed by atoms with Crippen LogP contribution in [-0.2, 0) is 0 Å². The number of aromatic hydroxyl groups is 2. The van der Waals surface area contributed by atoms with Crippen molar-refractivity contribution in [1.82, 2.24) is 4.98 Å². The fourth-order valence-electron chi connectivity index (χ4n) is 2.12. The zero-order valence-electron chi connectivity index (χ0n) is 10.8. The van der Waals surface area contributed by atoms with E-state index in [0.717, 1.165) is 5.01 Å². The number of benzene rings is 1. The van der Waals surface area contributed by atoms with Crippen molar-refractivity contribution < 1.29 is 14.6 Å². The second kappa shape index (κ2) is 4.35. The number of rotatable bonds is 1. The number of aromatic nitrogens is 1. The lowest BCUT2D eigenvalue weighted by atomic mass is 10.1. The molecule has 0 atom stereocenters. The lowest BCUT2D eigenvalue weighted by Crippen LogP contribution is -2.07. The fourth-order valence-corrected chi connectivity index (χ4v) is 2.72. The summed E-state index contributed by atoms with van der Waals surface area (Å²) in [7, 11) is 0. The number of hydrogen-bond acceptors (Lipinski definition) is 6. The van der Waals surface area contributed by atoms with E-state index in [1.54, 1.807) is 12.3 Å². The van der Waals surface area contributed by atoms with E-state index in [1.807, 2.05) is 6.92 Å². The molecular formula is C14H11NO4S. The highest BCUT2D eigenvalue weighted by molar-refractivity contribution is 7.09. The van der Waals surface area contributed by atoms with Crippen molar-refractivity contribution in [3.05, 3.63) is 38.5 Å². The summed E-state index contributed by atoms with van der Waals surface area (Å²) in [4.78, 5) is 16.8. The molecule has 1 aromatic carbocycles. The van der Waals surface area contributed by atoms with Crippen LogP contribution >= 0.6 is 11.3 Å². The lowest BCUT2D eigenvalue weighted by Gasteiger charge is -2.06. The van der Waals surface area contributed by atoms with Crippen LogP contribution in [0.1, 0.15) is 10.8 Å². The average Bonchev–Trinajstić information content (AvgIpc) is 2.81. The maximum absolute atomic E-state index is 12.5. The molecule has 3 rings (SSSR count). The minimum atomic E-state index is -0.427. The van der Waals surface area contributed by atoms with Crippen molar-refractivity contribution in [3.8, 4) is 22.8 Å². The molecule has 0 aliphatic heterocycles. The highest BCUT2D eigenvalue weighted by Crippen LogP contribution is 2.34. The van der Waals surface area contributed by atoms with Crippen molar-refractivity contribution in [2.75, 3.05) is 0 Å². The Hall–Kier alpha value is -2.34. The van der Waals surface area contributed by atoms with Gasteiger partial charge in [-0.2, -0.15) is 0 Å². The smallest absolute Gasteiger partial charge is 0.202 e. The Bertz CT molecular complexity index is 879. The molecule has 2 aromatic heterocycles. The zero-order valence-corrected chi connectivity index (χ0v) is 11.6. The first-order valence-corrected chi connectivity index (χ1v) is 6.78. The number of phenols is 2. The summed E-state index contributed by atoms with van der Waals surface area (Å²) in [6.07, 6.45) is 0. The molecule has 5 nitrogen and oxygen atoms in total. The van der Waals surface area contributed by atoms with Gasteiger partial charge >= 0.3 is 0 Å². The van der Waals surface area contributed by atoms with E-state index in [2.05, 4.69) is 4.98 Å². The SMILES string of the molecule is Cc1nc(-c2c(C)oc3c(O)c(O)ccc3c2=O)cs1. The van der Waals surface area contributed by atoms with Crippen molar-refractivity contribution in [2.24, 2.45) is 0 Å². The summed E-state index contributed by atoms with van der Waals surface area (Å²) in [6, 6.07) is 2.69. The Balaban J connectivity index is 2.42. The van der Waals surface area contributed by atoms with Gasteiger partial charge in [-0.15, -0.1) is 11.3 Å². The number of nitrogens with zero attached hydrogens (tertiary/aromatic N) is 1. The average molecular weight is 289 g/mol. The summed E-state index contributed by atoms with van der Waals surface area (Å²) >= 11 is 1.45. The molecule has 20 heavy (non-hydrogen) atoms. The first-order chi connectivity index (χ1) is 9.49. The summed E-state index contributed by atoms with van der Waals surface area (Å²) in [5, 5.41) is 22.1. The molecule has 0 bridgehead atoms. The van der Waals surface area contributed by atoms with Gasteiger partial charge in [0.2, 0.25) is 11.2 Å². The highest BCUT2D eigenvalue weighted by atomic mass is 32.1. The van der Waals surface area contributed by atoms with Gasteiger partial charge in [0.25, 0.3) is 0 Å². The monoisotopic (exact) mass is 289 g/mol. The van der Waals surface area contributed by atoms with Gasteiger partial charge in [0.15, 0.2) is 11.3 Å². The zero-order chi connectivity index (χ0) is 14.4. The molecular weight excluding hydrogens is 278 g/mol. The molecule has 0 fully saturated rings. The summed E-state index contributed by atoms with van der Waals surface area (Å²) in [6.45, 7) is 3.49. The van der Waals surface area contributed by atoms with E-state index in [-0.39, 0.29) is 22.1 Å². The second-order valence-corrected chi connectivity index (χ2v) is 5.49. The minimum absolute atomic E-state index is 0.0109. The van der Waals surface area contributed by atoms with Gasteiger partial charge in [0, 0.05) is 5.38 Å². The van der Waals surface area contributed by atoms with Gasteiger partial charge in [-0.1, -0.05) is 0 Å². The molecule has 2 heterocycles. The van der Waals surface area contributed by atoms with Crippen molar-refractivity contribution in [2.45, 2.75) is 13.8 Å². The molecule has 3 aromatic rings. The van der Waals surface area contributed by atoms with E-state index in [0.29, 0.717) is 17.0 Å². The molecule has 0 aliphatic carbocycles. The van der Waals surface area contributed by atoms with Gasteiger partial charge in [-0.25, -0.2) is 4.98 Å². The molecule has 0 unspecified atom stereocenters. The van der Waals surface area contributed by atoms with E-state index >= 15 is 0 Å². The lowest BCUT2D eigenvalue weighted by molar-refractivity contribution is 0.398. The van der Waals surface area contributed by atoms with Crippen LogP contribution < -0.4 is 5.43 Å². The van der Waals surface area contributed by atoms with Gasteiger partial charge < -0.3 is 14.6 Å². The van der Waals surface area contributed by atoms with Crippen molar-refractivity contribution >= 4 is 22.3 Å². The van der Waals surface area contributed by atoms with Gasteiger partial charge in [0.05, 0.1) is 21.7 Å². The molecule has 6 heteroatoms. The van der Waals surface area contributed by atoms with Crippen LogP contribution in [0.25, 0.3) is 22.2 Å². The summed E-state index contributed by atoms with van der Waals surface area (Å²) in [5.74, 6) is -0.394. The standard InChI is InChI=1S/C14H11NO4S/c1-6-11(9-5-20-7(2)15-9)12(17)8-3-4-10(16)13(18)14(8)19-6/h3-5,16,18H,1-2H3. The second-order valence-electron chi connectivity index (χ2n) is 4.42. The van der Waals surface area contributed by atoms with Crippen LogP contribution in [0.2, 0.25) is 0 Å². The van der Waals surface area contributed by atoms with E-state index in [1.165, 1.54) is 23.5 Å². The van der Waals surface area contributed by atoms with Gasteiger partial charge in [-0.05, 0) is 26.0 Å². The Labute approximate surface area is 117 Å². The Kier molecular flexibility index (Phi) is 2.76. The van der Waals surface area contributed by atoms with Crippen LogP contribution in [0.3, 0.4) is 0 Å². The Morgan fingerprint density at radius 1 is 1.25 bits per heavy atom. The fraction of sp³-hybridized carbons (Fsp3) is 0.143. The topological polar surface area (TPSA) is 83.6 Å². The molecule has 0 radical (unpaired) electrons. The van der Waals surface area contributed by atoms with Crippen molar-refractivity contribution in [1.29, 1.82) is 0 Å². The molecule has 2 N–H and O–H groups in total. The molecule has 102 valence electrons. The van der Waals surface area contributed by atoms with Crippen LogP contribution in [-0.4, -0.2) is 15.2 Å².